The summed E-state index contributed by atoms with van der Waals surface area (Å²) in [5.74, 6) is 7.08. The van der Waals surface area contributed by atoms with E-state index in [1.807, 2.05) is 25.1 Å². The molecule has 0 saturated heterocycles. The molecule has 1 aromatic carbocycles. The van der Waals surface area contributed by atoms with Crippen molar-refractivity contribution in [3.05, 3.63) is 60.9 Å². The standard InChI is InChI=1S/C20H16BrClN6O2/c1-11-13-9-12(6-7-14(13)24-15(10-22)23-11)5-3-4-8-28-16-17(25-19(28)21)27(2)20(30)26-18(16)29/h6-7,9H,5,8,10H2,1-2H3,(H,26,29,30). The van der Waals surface area contributed by atoms with Gasteiger partial charge in [-0.15, -0.1) is 11.6 Å². The summed E-state index contributed by atoms with van der Waals surface area (Å²) < 4.78 is 3.36. The highest BCUT2D eigenvalue weighted by Gasteiger charge is 2.14. The van der Waals surface area contributed by atoms with E-state index in [-0.39, 0.29) is 12.4 Å². The first-order valence-electron chi connectivity index (χ1n) is 9.02. The molecule has 4 aromatic rings. The van der Waals surface area contributed by atoms with Gasteiger partial charge in [-0.25, -0.2) is 19.7 Å². The molecule has 0 aliphatic heterocycles. The van der Waals surface area contributed by atoms with Crippen LogP contribution in [0, 0.1) is 18.8 Å². The Balaban J connectivity index is 1.60. The van der Waals surface area contributed by atoms with Crippen LogP contribution in [0.25, 0.3) is 22.1 Å². The first kappa shape index (κ1) is 20.3. The van der Waals surface area contributed by atoms with Crippen LogP contribution in [0.3, 0.4) is 0 Å². The van der Waals surface area contributed by atoms with Crippen LogP contribution in [0.4, 0.5) is 0 Å². The van der Waals surface area contributed by atoms with Gasteiger partial charge in [0.2, 0.25) is 0 Å². The second-order valence-electron chi connectivity index (χ2n) is 6.70. The van der Waals surface area contributed by atoms with Gasteiger partial charge in [0.1, 0.15) is 5.82 Å². The number of fused-ring (bicyclic) bond motifs is 2. The summed E-state index contributed by atoms with van der Waals surface area (Å²) in [6, 6.07) is 5.95. The van der Waals surface area contributed by atoms with Gasteiger partial charge in [0, 0.05) is 24.5 Å². The maximum absolute atomic E-state index is 12.2. The minimum Gasteiger partial charge on any atom is -0.301 e. The van der Waals surface area contributed by atoms with Crippen LogP contribution in [0.1, 0.15) is 17.1 Å². The fourth-order valence-electron chi connectivity index (χ4n) is 3.21. The molecule has 0 unspecified atom stereocenters. The second kappa shape index (κ2) is 8.05. The molecule has 1 N–H and O–H groups in total. The van der Waals surface area contributed by atoms with Crippen LogP contribution >= 0.6 is 27.5 Å². The molecule has 0 spiro atoms. The van der Waals surface area contributed by atoms with E-state index < -0.39 is 11.2 Å². The minimum atomic E-state index is -0.510. The van der Waals surface area contributed by atoms with Gasteiger partial charge in [0.05, 0.1) is 17.9 Å². The van der Waals surface area contributed by atoms with Crippen LogP contribution in [0.5, 0.6) is 0 Å². The monoisotopic (exact) mass is 486 g/mol. The van der Waals surface area contributed by atoms with Gasteiger partial charge in [-0.1, -0.05) is 17.9 Å². The van der Waals surface area contributed by atoms with Crippen molar-refractivity contribution in [1.82, 2.24) is 29.1 Å². The zero-order valence-electron chi connectivity index (χ0n) is 16.2. The zero-order valence-corrected chi connectivity index (χ0v) is 18.5. The Hall–Kier alpha value is -2.96. The largest absolute Gasteiger partial charge is 0.329 e. The third-order valence-electron chi connectivity index (χ3n) is 4.73. The van der Waals surface area contributed by atoms with Gasteiger partial charge in [0.15, 0.2) is 15.9 Å². The normalized spacial score (nSPS) is 11.1. The maximum atomic E-state index is 12.2. The van der Waals surface area contributed by atoms with E-state index in [1.54, 1.807) is 11.6 Å². The molecular formula is C20H16BrClN6O2. The van der Waals surface area contributed by atoms with Crippen molar-refractivity contribution < 1.29 is 0 Å². The molecule has 0 saturated carbocycles. The van der Waals surface area contributed by atoms with Crippen LogP contribution in [0.2, 0.25) is 0 Å². The van der Waals surface area contributed by atoms with Crippen molar-refractivity contribution in [2.75, 3.05) is 0 Å². The number of hydrogen-bond donors (Lipinski definition) is 1. The van der Waals surface area contributed by atoms with E-state index in [2.05, 4.69) is 47.7 Å². The van der Waals surface area contributed by atoms with Crippen molar-refractivity contribution in [2.45, 2.75) is 25.8 Å². The van der Waals surface area contributed by atoms with E-state index >= 15 is 0 Å². The van der Waals surface area contributed by atoms with Crippen molar-refractivity contribution in [2.24, 2.45) is 7.05 Å². The molecule has 3 aromatic heterocycles. The van der Waals surface area contributed by atoms with Crippen LogP contribution in [-0.2, 0) is 25.9 Å². The number of aromatic nitrogens is 6. The van der Waals surface area contributed by atoms with Gasteiger partial charge < -0.3 is 4.57 Å². The molecule has 0 bridgehead atoms. The predicted molar refractivity (Wildman–Crippen MR) is 119 cm³/mol. The average molecular weight is 488 g/mol. The zero-order chi connectivity index (χ0) is 21.4. The van der Waals surface area contributed by atoms with Crippen molar-refractivity contribution in [3.8, 4) is 11.8 Å². The summed E-state index contributed by atoms with van der Waals surface area (Å²) in [4.78, 5) is 39.3. The van der Waals surface area contributed by atoms with E-state index in [4.69, 9.17) is 11.6 Å². The molecule has 4 rings (SSSR count). The maximum Gasteiger partial charge on any atom is 0.329 e. The molecule has 0 radical (unpaired) electrons. The van der Waals surface area contributed by atoms with Crippen LogP contribution < -0.4 is 11.2 Å². The summed E-state index contributed by atoms with van der Waals surface area (Å²) >= 11 is 9.18. The Morgan fingerprint density at radius 2 is 2.00 bits per heavy atom. The third-order valence-corrected chi connectivity index (χ3v) is 5.58. The lowest BCUT2D eigenvalue weighted by Crippen LogP contribution is -2.29. The highest BCUT2D eigenvalue weighted by molar-refractivity contribution is 9.10. The van der Waals surface area contributed by atoms with E-state index in [1.165, 1.54) is 4.57 Å². The van der Waals surface area contributed by atoms with Crippen molar-refractivity contribution in [1.29, 1.82) is 0 Å². The van der Waals surface area contributed by atoms with Crippen molar-refractivity contribution in [3.63, 3.8) is 0 Å². The number of aromatic amines is 1. The Labute approximate surface area is 184 Å². The Morgan fingerprint density at radius 1 is 1.20 bits per heavy atom. The molecule has 3 heterocycles. The fourth-order valence-corrected chi connectivity index (χ4v) is 3.80. The van der Waals surface area contributed by atoms with Gasteiger partial charge >= 0.3 is 5.69 Å². The molecular weight excluding hydrogens is 472 g/mol. The molecule has 0 atom stereocenters. The summed E-state index contributed by atoms with van der Waals surface area (Å²) in [6.45, 7) is 2.19. The lowest BCUT2D eigenvalue weighted by atomic mass is 10.1. The fraction of sp³-hybridized carbons (Fsp3) is 0.250. The molecule has 0 aliphatic rings. The predicted octanol–water partition coefficient (Wildman–Crippen LogP) is 2.42. The number of nitrogens with one attached hydrogen (secondary N) is 1. The van der Waals surface area contributed by atoms with Crippen LogP contribution in [-0.4, -0.2) is 29.1 Å². The first-order valence-corrected chi connectivity index (χ1v) is 10.3. The Morgan fingerprint density at radius 3 is 2.77 bits per heavy atom. The summed E-state index contributed by atoms with van der Waals surface area (Å²) in [5.41, 5.74) is 2.37. The Bertz CT molecular complexity index is 1470. The van der Waals surface area contributed by atoms with Gasteiger partial charge in [-0.3, -0.25) is 14.3 Å². The lowest BCUT2D eigenvalue weighted by molar-refractivity contribution is 0.818. The number of alkyl halides is 1. The summed E-state index contributed by atoms with van der Waals surface area (Å²) in [5, 5.41) is 0.971. The summed E-state index contributed by atoms with van der Waals surface area (Å²) in [7, 11) is 1.55. The van der Waals surface area contributed by atoms with Crippen molar-refractivity contribution >= 4 is 49.6 Å². The van der Waals surface area contributed by atoms with Gasteiger partial charge in [-0.2, -0.15) is 0 Å². The number of imidazole rings is 1. The summed E-state index contributed by atoms with van der Waals surface area (Å²) in [6.07, 6.45) is 0.533. The average Bonchev–Trinajstić information content (AvgIpc) is 3.06. The lowest BCUT2D eigenvalue weighted by Gasteiger charge is -2.05. The molecule has 0 aliphatic carbocycles. The number of aryl methyl sites for hydroxylation is 2. The molecule has 0 fully saturated rings. The number of hydrogen-bond acceptors (Lipinski definition) is 5. The second-order valence-corrected chi connectivity index (χ2v) is 7.67. The van der Waals surface area contributed by atoms with Gasteiger partial charge in [0.25, 0.3) is 5.56 Å². The molecule has 0 amide bonds. The number of benzene rings is 1. The molecule has 8 nitrogen and oxygen atoms in total. The SMILES string of the molecule is Cc1nc(CCl)nc2ccc(CC#CCn3c(Br)nc4c3c(=O)[nH]c(=O)n4C)cc12. The Kier molecular flexibility index (Phi) is 5.45. The first-order chi connectivity index (χ1) is 14.4. The van der Waals surface area contributed by atoms with Crippen LogP contribution in [0.15, 0.2) is 32.5 Å². The molecule has 30 heavy (non-hydrogen) atoms. The minimum absolute atomic E-state index is 0.257. The van der Waals surface area contributed by atoms with E-state index in [0.29, 0.717) is 28.1 Å². The highest BCUT2D eigenvalue weighted by atomic mass is 79.9. The number of nitrogens with zero attached hydrogens (tertiary/aromatic N) is 5. The third kappa shape index (κ3) is 3.64. The smallest absolute Gasteiger partial charge is 0.301 e. The highest BCUT2D eigenvalue weighted by Crippen LogP contribution is 2.18. The number of rotatable bonds is 3. The number of halogens is 2. The quantitative estimate of drug-likeness (QED) is 0.272. The van der Waals surface area contributed by atoms with E-state index in [9.17, 15) is 9.59 Å². The van der Waals surface area contributed by atoms with E-state index in [0.717, 1.165) is 22.2 Å². The molecule has 152 valence electrons. The van der Waals surface area contributed by atoms with Gasteiger partial charge in [-0.05, 0) is 40.5 Å². The molecule has 10 heteroatoms. The topological polar surface area (TPSA) is 98.5 Å². The number of H-pyrrole nitrogens is 1.